The van der Waals surface area contributed by atoms with Gasteiger partial charge in [-0.15, -0.1) is 0 Å². The Morgan fingerprint density at radius 2 is 2.04 bits per heavy atom. The summed E-state index contributed by atoms with van der Waals surface area (Å²) in [6, 6.07) is 2.85. The van der Waals surface area contributed by atoms with Crippen LogP contribution in [0.3, 0.4) is 0 Å². The molecule has 0 bridgehead atoms. The standard InChI is InChI=1S/C23H29NO/c1-3-23-7-6-14-13-5-4-12(25)8-15(13)16-9-17(16)20(14)21(23)18-10-19(18)22(23,2)11-24/h8,13-14,16-21H,3-7,9-10H2,1-2H3/t13-,14-,16-,17-,18-,19+,20+,21+,22+,23+/m1/s1. The third kappa shape index (κ3) is 1.53. The molecule has 0 amide bonds. The van der Waals surface area contributed by atoms with E-state index >= 15 is 0 Å². The van der Waals surface area contributed by atoms with Crippen molar-refractivity contribution in [3.05, 3.63) is 11.6 Å². The lowest BCUT2D eigenvalue weighted by Gasteiger charge is -2.57. The Labute approximate surface area is 151 Å². The number of allylic oxidation sites excluding steroid dienone is 1. The molecular formula is C23H29NO. The molecule has 0 aliphatic heterocycles. The van der Waals surface area contributed by atoms with Gasteiger partial charge in [0.2, 0.25) is 0 Å². The molecule has 0 radical (unpaired) electrons. The summed E-state index contributed by atoms with van der Waals surface area (Å²) in [6.45, 7) is 4.69. The maximum absolute atomic E-state index is 12.0. The highest BCUT2D eigenvalue weighted by atomic mass is 16.1. The van der Waals surface area contributed by atoms with Crippen molar-refractivity contribution in [3.8, 4) is 6.07 Å². The summed E-state index contributed by atoms with van der Waals surface area (Å²) < 4.78 is 0. The van der Waals surface area contributed by atoms with Crippen LogP contribution in [-0.2, 0) is 4.79 Å². The summed E-state index contributed by atoms with van der Waals surface area (Å²) in [7, 11) is 0. The number of carbonyl (C=O) groups excluding carboxylic acids is 1. The lowest BCUT2D eigenvalue weighted by atomic mass is 9.46. The van der Waals surface area contributed by atoms with E-state index < -0.39 is 0 Å². The zero-order valence-corrected chi connectivity index (χ0v) is 15.5. The molecule has 2 nitrogen and oxygen atoms in total. The van der Waals surface area contributed by atoms with Crippen molar-refractivity contribution < 1.29 is 4.79 Å². The summed E-state index contributed by atoms with van der Waals surface area (Å²) in [5, 5.41) is 10.1. The molecule has 0 saturated heterocycles. The zero-order valence-electron chi connectivity index (χ0n) is 15.5. The van der Waals surface area contributed by atoms with Crippen molar-refractivity contribution in [3.63, 3.8) is 0 Å². The molecule has 6 aliphatic rings. The number of rotatable bonds is 1. The SMILES string of the molecule is CC[C@]12CC[C@H]3[C@@H]([C@@H]4C[C@@H]4C4=CC(=O)CC[C@@H]43)[C@@H]1[C@@H]1C[C@@H]1[C@]2(C)C#N. The second-order valence-corrected chi connectivity index (χ2v) is 10.4. The van der Waals surface area contributed by atoms with Gasteiger partial charge in [-0.2, -0.15) is 5.26 Å². The molecule has 0 aromatic rings. The molecule has 10 atom stereocenters. The second kappa shape index (κ2) is 4.41. The number of nitriles is 1. The van der Waals surface area contributed by atoms with Crippen molar-refractivity contribution in [2.45, 2.75) is 58.8 Å². The zero-order chi connectivity index (χ0) is 17.1. The molecular weight excluding hydrogens is 306 g/mol. The molecule has 0 N–H and O–H groups in total. The van der Waals surface area contributed by atoms with E-state index in [1.165, 1.54) is 32.1 Å². The summed E-state index contributed by atoms with van der Waals surface area (Å²) in [6.07, 6.45) is 10.4. The van der Waals surface area contributed by atoms with Crippen molar-refractivity contribution in [1.82, 2.24) is 0 Å². The Hall–Kier alpha value is -1.10. The van der Waals surface area contributed by atoms with Crippen LogP contribution in [0.5, 0.6) is 0 Å². The third-order valence-corrected chi connectivity index (χ3v) is 10.1. The molecule has 25 heavy (non-hydrogen) atoms. The molecule has 0 heterocycles. The second-order valence-electron chi connectivity index (χ2n) is 10.4. The van der Waals surface area contributed by atoms with Gasteiger partial charge in [-0.3, -0.25) is 4.79 Å². The fourth-order valence-corrected chi connectivity index (χ4v) is 9.09. The van der Waals surface area contributed by atoms with Gasteiger partial charge in [-0.25, -0.2) is 0 Å². The summed E-state index contributed by atoms with van der Waals surface area (Å²) in [5.74, 6) is 6.67. The first-order chi connectivity index (χ1) is 12.1. The van der Waals surface area contributed by atoms with Gasteiger partial charge in [0.15, 0.2) is 5.78 Å². The number of hydrogen-bond acceptors (Lipinski definition) is 2. The minimum absolute atomic E-state index is 0.0783. The van der Waals surface area contributed by atoms with E-state index in [9.17, 15) is 10.1 Å². The number of fused-ring (bicyclic) bond motifs is 10. The van der Waals surface area contributed by atoms with E-state index in [2.05, 4.69) is 26.0 Å². The van der Waals surface area contributed by atoms with Crippen LogP contribution in [0.1, 0.15) is 58.8 Å². The fraction of sp³-hybridized carbons (Fsp3) is 0.826. The van der Waals surface area contributed by atoms with E-state index in [0.717, 1.165) is 48.3 Å². The van der Waals surface area contributed by atoms with Crippen LogP contribution in [0.2, 0.25) is 0 Å². The Morgan fingerprint density at radius 3 is 2.80 bits per heavy atom. The minimum atomic E-state index is -0.0783. The van der Waals surface area contributed by atoms with Crippen LogP contribution >= 0.6 is 0 Å². The van der Waals surface area contributed by atoms with Gasteiger partial charge in [0, 0.05) is 6.42 Å². The van der Waals surface area contributed by atoms with E-state index in [0.29, 0.717) is 17.6 Å². The highest BCUT2D eigenvalue weighted by Gasteiger charge is 2.77. The number of hydrogen-bond donors (Lipinski definition) is 0. The predicted octanol–water partition coefficient (Wildman–Crippen LogP) is 4.76. The molecule has 0 spiro atoms. The summed E-state index contributed by atoms with van der Waals surface area (Å²) in [5.41, 5.74) is 1.76. The number of ketones is 1. The molecule has 0 aromatic heterocycles. The first-order valence-electron chi connectivity index (χ1n) is 10.7. The van der Waals surface area contributed by atoms with Crippen LogP contribution in [0, 0.1) is 69.5 Å². The van der Waals surface area contributed by atoms with Gasteiger partial charge >= 0.3 is 0 Å². The Kier molecular flexibility index (Phi) is 2.65. The minimum Gasteiger partial charge on any atom is -0.295 e. The molecule has 2 heteroatoms. The maximum Gasteiger partial charge on any atom is 0.155 e. The largest absolute Gasteiger partial charge is 0.295 e. The average Bonchev–Trinajstić information content (AvgIpc) is 3.52. The van der Waals surface area contributed by atoms with Gasteiger partial charge in [0.25, 0.3) is 0 Å². The normalized spacial score (nSPS) is 60.2. The lowest BCUT2D eigenvalue weighted by Crippen LogP contribution is -2.52. The molecule has 0 unspecified atom stereocenters. The van der Waals surface area contributed by atoms with E-state index in [1.807, 2.05) is 0 Å². The molecule has 6 rings (SSSR count). The Bertz CT molecular complexity index is 746. The van der Waals surface area contributed by atoms with Crippen LogP contribution in [0.25, 0.3) is 0 Å². The van der Waals surface area contributed by atoms with Crippen LogP contribution in [-0.4, -0.2) is 5.78 Å². The van der Waals surface area contributed by atoms with Gasteiger partial charge in [-0.1, -0.05) is 12.5 Å². The maximum atomic E-state index is 12.0. The van der Waals surface area contributed by atoms with E-state index in [4.69, 9.17) is 0 Å². The Balaban J connectivity index is 1.45. The first kappa shape index (κ1) is 15.0. The third-order valence-electron chi connectivity index (χ3n) is 10.1. The Morgan fingerprint density at radius 1 is 1.20 bits per heavy atom. The van der Waals surface area contributed by atoms with Gasteiger partial charge < -0.3 is 0 Å². The molecule has 0 aromatic carbocycles. The van der Waals surface area contributed by atoms with Crippen molar-refractivity contribution in [2.24, 2.45) is 58.2 Å². The summed E-state index contributed by atoms with van der Waals surface area (Å²) in [4.78, 5) is 12.0. The van der Waals surface area contributed by atoms with Crippen LogP contribution in [0.15, 0.2) is 11.6 Å². The average molecular weight is 335 g/mol. The smallest absolute Gasteiger partial charge is 0.155 e. The predicted molar refractivity (Wildman–Crippen MR) is 95.2 cm³/mol. The number of nitrogens with zero attached hydrogens (tertiary/aromatic N) is 1. The quantitative estimate of drug-likeness (QED) is 0.693. The number of carbonyl (C=O) groups is 1. The lowest BCUT2D eigenvalue weighted by molar-refractivity contribution is -0.116. The molecule has 6 aliphatic carbocycles. The van der Waals surface area contributed by atoms with Gasteiger partial charge in [-0.05, 0) is 104 Å². The molecule has 132 valence electrons. The highest BCUT2D eigenvalue weighted by Crippen LogP contribution is 2.82. The first-order valence-corrected chi connectivity index (χ1v) is 10.7. The monoisotopic (exact) mass is 335 g/mol. The van der Waals surface area contributed by atoms with Crippen molar-refractivity contribution >= 4 is 5.78 Å². The molecule has 5 saturated carbocycles. The molecule has 5 fully saturated rings. The van der Waals surface area contributed by atoms with Crippen LogP contribution < -0.4 is 0 Å². The van der Waals surface area contributed by atoms with Crippen molar-refractivity contribution in [1.29, 1.82) is 5.26 Å². The van der Waals surface area contributed by atoms with Gasteiger partial charge in [0.05, 0.1) is 11.5 Å². The van der Waals surface area contributed by atoms with Crippen molar-refractivity contribution in [2.75, 3.05) is 0 Å². The van der Waals surface area contributed by atoms with Crippen LogP contribution in [0.4, 0.5) is 0 Å². The van der Waals surface area contributed by atoms with E-state index in [-0.39, 0.29) is 10.8 Å². The van der Waals surface area contributed by atoms with E-state index in [1.54, 1.807) is 5.57 Å². The van der Waals surface area contributed by atoms with Gasteiger partial charge in [0.1, 0.15) is 0 Å². The topological polar surface area (TPSA) is 40.9 Å². The highest BCUT2D eigenvalue weighted by molar-refractivity contribution is 5.91. The fourth-order valence-electron chi connectivity index (χ4n) is 9.09. The summed E-state index contributed by atoms with van der Waals surface area (Å²) >= 11 is 0.